The first kappa shape index (κ1) is 22.1. The van der Waals surface area contributed by atoms with Crippen LogP contribution < -0.4 is 0 Å². The van der Waals surface area contributed by atoms with E-state index in [2.05, 4.69) is 12.1 Å². The fourth-order valence-electron chi connectivity index (χ4n) is 2.83. The third-order valence-corrected chi connectivity index (χ3v) is 5.28. The SMILES string of the molecule is CC.Cc1cc(C(F)(F)F)cc(C2CC2)c1Cl.Clc1cccc(C2CC2)c1. The van der Waals surface area contributed by atoms with Crippen molar-refractivity contribution >= 4 is 23.2 Å². The lowest BCUT2D eigenvalue weighted by Gasteiger charge is -2.12. The summed E-state index contributed by atoms with van der Waals surface area (Å²) in [5.74, 6) is 1.05. The molecule has 0 amide bonds. The van der Waals surface area contributed by atoms with Crippen LogP contribution in [0.25, 0.3) is 0 Å². The van der Waals surface area contributed by atoms with Gasteiger partial charge in [-0.25, -0.2) is 0 Å². The molecule has 2 aliphatic carbocycles. The quantitative estimate of drug-likeness (QED) is 0.458. The number of hydrogen-bond acceptors (Lipinski definition) is 0. The van der Waals surface area contributed by atoms with Crippen LogP contribution in [0.2, 0.25) is 10.0 Å². The first-order valence-corrected chi connectivity index (χ1v) is 10.1. The van der Waals surface area contributed by atoms with Crippen molar-refractivity contribution < 1.29 is 13.2 Å². The minimum Gasteiger partial charge on any atom is -0.166 e. The van der Waals surface area contributed by atoms with Crippen LogP contribution >= 0.6 is 23.2 Å². The molecule has 0 nitrogen and oxygen atoms in total. The molecule has 0 saturated heterocycles. The van der Waals surface area contributed by atoms with Gasteiger partial charge in [-0.2, -0.15) is 13.2 Å². The Morgan fingerprint density at radius 3 is 1.96 bits per heavy atom. The highest BCUT2D eigenvalue weighted by atomic mass is 35.5. The average molecular weight is 417 g/mol. The second kappa shape index (κ2) is 9.34. The second-order valence-electron chi connectivity index (χ2n) is 6.80. The first-order valence-electron chi connectivity index (χ1n) is 9.38. The minimum atomic E-state index is -4.28. The average Bonchev–Trinajstić information content (AvgIpc) is 3.50. The normalized spacial score (nSPS) is 16.0. The summed E-state index contributed by atoms with van der Waals surface area (Å²) >= 11 is 11.8. The standard InChI is InChI=1S/C11H10ClF3.C9H9Cl.C2H6/c1-6-4-8(11(13,14)15)5-9(10(6)12)7-2-3-7;10-9-3-1-2-8(6-9)7-4-5-7;1-2/h4-5,7H,2-3H2,1H3;1-3,6-7H,4-5H2;1-2H3. The van der Waals surface area contributed by atoms with Crippen molar-refractivity contribution in [3.63, 3.8) is 0 Å². The molecule has 27 heavy (non-hydrogen) atoms. The van der Waals surface area contributed by atoms with Crippen LogP contribution in [0.4, 0.5) is 13.2 Å². The molecule has 0 N–H and O–H groups in total. The lowest BCUT2D eigenvalue weighted by molar-refractivity contribution is -0.137. The molecule has 0 aromatic heterocycles. The number of benzene rings is 2. The van der Waals surface area contributed by atoms with Gasteiger partial charge in [-0.05, 0) is 85.4 Å². The molecule has 2 saturated carbocycles. The van der Waals surface area contributed by atoms with E-state index in [-0.39, 0.29) is 5.92 Å². The van der Waals surface area contributed by atoms with Crippen molar-refractivity contribution in [3.05, 3.63) is 68.7 Å². The van der Waals surface area contributed by atoms with E-state index in [0.29, 0.717) is 16.1 Å². The number of alkyl halides is 3. The van der Waals surface area contributed by atoms with E-state index in [1.165, 1.54) is 24.5 Å². The van der Waals surface area contributed by atoms with Crippen LogP contribution in [0, 0.1) is 6.92 Å². The molecule has 0 unspecified atom stereocenters. The predicted molar refractivity (Wildman–Crippen MR) is 108 cm³/mol. The van der Waals surface area contributed by atoms with Crippen LogP contribution in [0.5, 0.6) is 0 Å². The van der Waals surface area contributed by atoms with E-state index in [0.717, 1.165) is 29.8 Å². The van der Waals surface area contributed by atoms with Gasteiger partial charge in [0.1, 0.15) is 0 Å². The van der Waals surface area contributed by atoms with Crippen molar-refractivity contribution in [1.82, 2.24) is 0 Å². The van der Waals surface area contributed by atoms with E-state index in [1.807, 2.05) is 26.0 Å². The highest BCUT2D eigenvalue weighted by Gasteiger charge is 2.34. The van der Waals surface area contributed by atoms with Gasteiger partial charge in [0.05, 0.1) is 5.56 Å². The molecule has 0 aliphatic heterocycles. The Morgan fingerprint density at radius 2 is 1.48 bits per heavy atom. The zero-order chi connectivity index (χ0) is 20.2. The molecule has 5 heteroatoms. The maximum Gasteiger partial charge on any atom is 0.416 e. The van der Waals surface area contributed by atoms with E-state index < -0.39 is 11.7 Å². The molecular weight excluding hydrogens is 392 g/mol. The molecule has 2 aromatic carbocycles. The highest BCUT2D eigenvalue weighted by molar-refractivity contribution is 6.32. The zero-order valence-corrected chi connectivity index (χ0v) is 17.3. The maximum absolute atomic E-state index is 12.5. The highest BCUT2D eigenvalue weighted by Crippen LogP contribution is 2.46. The van der Waals surface area contributed by atoms with Crippen LogP contribution in [0.15, 0.2) is 36.4 Å². The van der Waals surface area contributed by atoms with Crippen LogP contribution in [-0.2, 0) is 6.18 Å². The van der Waals surface area contributed by atoms with Crippen molar-refractivity contribution in [3.8, 4) is 0 Å². The Bertz CT molecular complexity index is 761. The van der Waals surface area contributed by atoms with Gasteiger partial charge in [0, 0.05) is 10.0 Å². The Morgan fingerprint density at radius 1 is 0.889 bits per heavy atom. The topological polar surface area (TPSA) is 0 Å². The summed E-state index contributed by atoms with van der Waals surface area (Å²) in [5.41, 5.74) is 1.98. The molecule has 0 bridgehead atoms. The van der Waals surface area contributed by atoms with Gasteiger partial charge in [0.25, 0.3) is 0 Å². The zero-order valence-electron chi connectivity index (χ0n) is 15.8. The predicted octanol–water partition coefficient (Wildman–Crippen LogP) is 8.79. The van der Waals surface area contributed by atoms with Crippen molar-refractivity contribution in [1.29, 1.82) is 0 Å². The molecule has 2 aliphatic rings. The summed E-state index contributed by atoms with van der Waals surface area (Å²) in [7, 11) is 0. The molecule has 2 fully saturated rings. The van der Waals surface area contributed by atoms with Gasteiger partial charge in [0.2, 0.25) is 0 Å². The first-order chi connectivity index (χ1) is 12.8. The van der Waals surface area contributed by atoms with E-state index in [1.54, 1.807) is 6.92 Å². The van der Waals surface area contributed by atoms with Gasteiger partial charge >= 0.3 is 6.18 Å². The van der Waals surface area contributed by atoms with Crippen LogP contribution in [-0.4, -0.2) is 0 Å². The van der Waals surface area contributed by atoms with E-state index in [4.69, 9.17) is 23.2 Å². The summed E-state index contributed by atoms with van der Waals surface area (Å²) in [4.78, 5) is 0. The third-order valence-electron chi connectivity index (χ3n) is 4.52. The fourth-order valence-corrected chi connectivity index (χ4v) is 3.29. The Hall–Kier alpha value is -1.19. The number of halogens is 5. The smallest absolute Gasteiger partial charge is 0.166 e. The lowest BCUT2D eigenvalue weighted by Crippen LogP contribution is -2.06. The van der Waals surface area contributed by atoms with Gasteiger partial charge in [-0.3, -0.25) is 0 Å². The maximum atomic E-state index is 12.5. The summed E-state index contributed by atoms with van der Waals surface area (Å²) < 4.78 is 37.6. The Labute approximate surface area is 169 Å². The summed E-state index contributed by atoms with van der Waals surface area (Å²) in [6, 6.07) is 10.5. The molecule has 4 rings (SSSR count). The van der Waals surface area contributed by atoms with E-state index >= 15 is 0 Å². The molecule has 0 radical (unpaired) electrons. The molecule has 2 aromatic rings. The van der Waals surface area contributed by atoms with E-state index in [9.17, 15) is 13.2 Å². The van der Waals surface area contributed by atoms with Crippen molar-refractivity contribution in [2.75, 3.05) is 0 Å². The minimum absolute atomic E-state index is 0.235. The molecular formula is C22H25Cl2F3. The van der Waals surface area contributed by atoms with Gasteiger partial charge in [-0.15, -0.1) is 0 Å². The largest absolute Gasteiger partial charge is 0.416 e. The summed E-state index contributed by atoms with van der Waals surface area (Å²) in [6.07, 6.45) is 0.306. The Balaban J connectivity index is 0.000000189. The molecule has 148 valence electrons. The van der Waals surface area contributed by atoms with Gasteiger partial charge < -0.3 is 0 Å². The summed E-state index contributed by atoms with van der Waals surface area (Å²) in [6.45, 7) is 5.61. The Kier molecular flexibility index (Phi) is 7.64. The fraction of sp³-hybridized carbons (Fsp3) is 0.455. The number of aryl methyl sites for hydroxylation is 1. The second-order valence-corrected chi connectivity index (χ2v) is 7.61. The van der Waals surface area contributed by atoms with Crippen LogP contribution in [0.3, 0.4) is 0 Å². The van der Waals surface area contributed by atoms with Crippen molar-refractivity contribution in [2.24, 2.45) is 0 Å². The third kappa shape index (κ3) is 6.43. The summed E-state index contributed by atoms with van der Waals surface area (Å²) in [5, 5.41) is 1.36. The van der Waals surface area contributed by atoms with Gasteiger partial charge in [0.15, 0.2) is 0 Å². The molecule has 0 atom stereocenters. The molecule has 0 heterocycles. The van der Waals surface area contributed by atoms with Crippen LogP contribution in [0.1, 0.15) is 73.6 Å². The number of hydrogen-bond donors (Lipinski definition) is 0. The van der Waals surface area contributed by atoms with Gasteiger partial charge in [-0.1, -0.05) is 49.2 Å². The number of rotatable bonds is 2. The lowest BCUT2D eigenvalue weighted by atomic mass is 10.0. The monoisotopic (exact) mass is 416 g/mol. The molecule has 0 spiro atoms. The van der Waals surface area contributed by atoms with Crippen molar-refractivity contribution in [2.45, 2.75) is 64.5 Å².